The summed E-state index contributed by atoms with van der Waals surface area (Å²) in [6.45, 7) is 13.9. The summed E-state index contributed by atoms with van der Waals surface area (Å²) in [5, 5.41) is -0.442. The van der Waals surface area contributed by atoms with Crippen LogP contribution < -0.4 is 5.19 Å². The first kappa shape index (κ1) is 32.8. The van der Waals surface area contributed by atoms with Crippen molar-refractivity contribution in [2.45, 2.75) is 41.5 Å². The Balaban J connectivity index is -0.000000122. The molecule has 1 aromatic carbocycles. The molecule has 3 N–H and O–H groups in total. The van der Waals surface area contributed by atoms with Crippen LogP contribution in [0.3, 0.4) is 0 Å². The second-order valence-corrected chi connectivity index (χ2v) is 8.04. The molecule has 0 radical (unpaired) electrons. The summed E-state index contributed by atoms with van der Waals surface area (Å²) in [6.07, 6.45) is 0. The molecule has 0 heterocycles. The minimum Gasteiger partial charge on any atom is -0.677 e. The van der Waals surface area contributed by atoms with Crippen molar-refractivity contribution in [2.75, 3.05) is 19.6 Å². The van der Waals surface area contributed by atoms with Gasteiger partial charge in [-0.3, -0.25) is 0 Å². The van der Waals surface area contributed by atoms with Gasteiger partial charge < -0.3 is 17.2 Å². The fraction of sp³-hybridized carbons (Fsp3) is 0.706. The normalized spacial score (nSPS) is 10.0. The van der Waals surface area contributed by atoms with Crippen LogP contribution in [0.1, 0.15) is 41.5 Å². The fourth-order valence-corrected chi connectivity index (χ4v) is 1.13. The van der Waals surface area contributed by atoms with Crippen molar-refractivity contribution in [3.8, 4) is 0 Å². The molecular weight excluding hydrogens is 423 g/mol. The predicted molar refractivity (Wildman–Crippen MR) is 103 cm³/mol. The quantitative estimate of drug-likeness (QED) is 0.280. The Bertz CT molecular complexity index is 324. The van der Waals surface area contributed by atoms with Crippen molar-refractivity contribution < 1.29 is 38.5 Å². The van der Waals surface area contributed by atoms with Gasteiger partial charge in [0.1, 0.15) is 0 Å². The van der Waals surface area contributed by atoms with Crippen LogP contribution in [0.4, 0.5) is 12.3 Å². The molecule has 1 rings (SSSR count). The van der Waals surface area contributed by atoms with Crippen LogP contribution in [0.25, 0.3) is 17.2 Å². The molecule has 0 aliphatic rings. The molecule has 0 amide bonds. The van der Waals surface area contributed by atoms with E-state index in [2.05, 4.69) is 0 Å². The van der Waals surface area contributed by atoms with Gasteiger partial charge in [-0.15, -0.1) is 19.6 Å². The molecular formula is C17H34F3N3SiZr. The molecule has 1 aromatic rings. The molecule has 146 valence electrons. The zero-order valence-electron chi connectivity index (χ0n) is 16.3. The molecule has 25 heavy (non-hydrogen) atoms. The Morgan fingerprint density at radius 3 is 1.00 bits per heavy atom. The maximum Gasteiger partial charge on any atom is 4.00 e. The average Bonchev–Trinajstić information content (AvgIpc) is 3.03. The summed E-state index contributed by atoms with van der Waals surface area (Å²) in [5.74, 6) is 1.65. The fourth-order valence-electron chi connectivity index (χ4n) is 0.563. The van der Waals surface area contributed by atoms with Gasteiger partial charge in [-0.2, -0.15) is 12.1 Å². The first-order valence-corrected chi connectivity index (χ1v) is 9.78. The zero-order chi connectivity index (χ0) is 19.8. The average molecular weight is 457 g/mol. The summed E-state index contributed by atoms with van der Waals surface area (Å²) < 4.78 is 35.3. The van der Waals surface area contributed by atoms with Gasteiger partial charge in [-0.25, -0.2) is 24.5 Å². The van der Waals surface area contributed by atoms with Crippen LogP contribution >= 0.6 is 0 Å². The van der Waals surface area contributed by atoms with Gasteiger partial charge in [0.05, 0.1) is 0 Å². The largest absolute Gasteiger partial charge is 4.00 e. The van der Waals surface area contributed by atoms with Crippen molar-refractivity contribution in [1.29, 1.82) is 0 Å². The third-order valence-corrected chi connectivity index (χ3v) is 3.20. The molecule has 3 nitrogen and oxygen atoms in total. The standard InChI is InChI=1S/C5H4F3Si.3C4H10N.Zr/c6-9(7,8)5-3-1-2-4-5;3*1-4(2)3-5;/h1-4H;3*4-5H,3H2,1-2H3;/q4*-1;+4. The van der Waals surface area contributed by atoms with E-state index < -0.39 is 14.3 Å². The number of hydrogen-bond acceptors (Lipinski definition) is 0. The Kier molecular flexibility index (Phi) is 26.8. The van der Waals surface area contributed by atoms with Crippen LogP contribution in [0.5, 0.6) is 0 Å². The summed E-state index contributed by atoms with van der Waals surface area (Å²) in [4.78, 5) is 0. The number of rotatable bonds is 4. The maximum absolute atomic E-state index is 11.8. The molecule has 0 saturated carbocycles. The SMILES string of the molecule is CC(C)C[NH-].CC(C)C[NH-].CC(C)C[NH-].F[Si](F)(F)[c-]1cccc1.[Zr+4]. The molecule has 0 saturated heterocycles. The van der Waals surface area contributed by atoms with Crippen molar-refractivity contribution >= 4 is 14.3 Å². The van der Waals surface area contributed by atoms with Crippen molar-refractivity contribution in [1.82, 2.24) is 0 Å². The predicted octanol–water partition coefficient (Wildman–Crippen LogP) is 6.54. The smallest absolute Gasteiger partial charge is 0.677 e. The van der Waals surface area contributed by atoms with Crippen LogP contribution in [-0.2, 0) is 26.2 Å². The first-order chi connectivity index (χ1) is 10.9. The monoisotopic (exact) mass is 455 g/mol. The van der Waals surface area contributed by atoms with Gasteiger partial charge in [0.2, 0.25) is 0 Å². The Morgan fingerprint density at radius 2 is 0.920 bits per heavy atom. The number of hydrogen-bond donors (Lipinski definition) is 0. The molecule has 0 aliphatic heterocycles. The third-order valence-electron chi connectivity index (χ3n) is 2.21. The summed E-state index contributed by atoms with van der Waals surface area (Å²) in [6, 6.07) is 5.00. The molecule has 0 bridgehead atoms. The van der Waals surface area contributed by atoms with E-state index in [0.29, 0.717) is 37.4 Å². The third kappa shape index (κ3) is 32.3. The van der Waals surface area contributed by atoms with Crippen LogP contribution in [0.2, 0.25) is 0 Å². The van der Waals surface area contributed by atoms with Gasteiger partial charge in [0, 0.05) is 0 Å². The molecule has 0 fully saturated rings. The van der Waals surface area contributed by atoms with Crippen LogP contribution in [-0.4, -0.2) is 28.7 Å². The zero-order valence-corrected chi connectivity index (χ0v) is 19.8. The topological polar surface area (TPSA) is 71.4 Å². The Labute approximate surface area is 172 Å². The summed E-state index contributed by atoms with van der Waals surface area (Å²) in [5.41, 5.74) is 20.0. The van der Waals surface area contributed by atoms with E-state index in [9.17, 15) is 12.3 Å². The molecule has 0 aliphatic carbocycles. The van der Waals surface area contributed by atoms with E-state index in [1.54, 1.807) is 0 Å². The van der Waals surface area contributed by atoms with Gasteiger partial charge in [-0.1, -0.05) is 64.5 Å². The molecule has 0 atom stereocenters. The number of nitrogens with one attached hydrogen (secondary N) is 3. The molecule has 0 unspecified atom stereocenters. The number of halogens is 3. The second kappa shape index (κ2) is 20.4. The van der Waals surface area contributed by atoms with E-state index in [0.717, 1.165) is 12.1 Å². The summed E-state index contributed by atoms with van der Waals surface area (Å²) in [7, 11) is -5.48. The Morgan fingerprint density at radius 1 is 0.720 bits per heavy atom. The molecule has 0 aromatic heterocycles. The van der Waals surface area contributed by atoms with Crippen LogP contribution in [0.15, 0.2) is 24.3 Å². The van der Waals surface area contributed by atoms with Crippen molar-refractivity contribution in [3.63, 3.8) is 0 Å². The summed E-state index contributed by atoms with van der Waals surface area (Å²) >= 11 is 0. The van der Waals surface area contributed by atoms with Crippen molar-refractivity contribution in [3.05, 3.63) is 41.5 Å². The van der Waals surface area contributed by atoms with Gasteiger partial charge >= 0.3 is 35.3 Å². The molecule has 8 heteroatoms. The van der Waals surface area contributed by atoms with E-state index in [1.165, 1.54) is 12.1 Å². The van der Waals surface area contributed by atoms with E-state index >= 15 is 0 Å². The minimum atomic E-state index is -5.48. The Hall–Kier alpha value is 0.120. The van der Waals surface area contributed by atoms with Gasteiger partial charge in [0.15, 0.2) is 0 Å². The van der Waals surface area contributed by atoms with Gasteiger partial charge in [-0.05, 0) is 0 Å². The van der Waals surface area contributed by atoms with Crippen LogP contribution in [0, 0.1) is 17.8 Å². The first-order valence-electron chi connectivity index (χ1n) is 8.14. The molecule has 0 spiro atoms. The van der Waals surface area contributed by atoms with E-state index in [-0.39, 0.29) is 26.2 Å². The van der Waals surface area contributed by atoms with Crippen molar-refractivity contribution in [2.24, 2.45) is 17.8 Å². The second-order valence-electron chi connectivity index (χ2n) is 6.47. The maximum atomic E-state index is 11.8. The van der Waals surface area contributed by atoms with E-state index in [1.807, 2.05) is 41.5 Å². The minimum absolute atomic E-state index is 0. The van der Waals surface area contributed by atoms with Gasteiger partial charge in [0.25, 0.3) is 0 Å². The van der Waals surface area contributed by atoms with E-state index in [4.69, 9.17) is 17.2 Å².